The normalized spacial score (nSPS) is 15.3. The topological polar surface area (TPSA) is 46.3 Å². The zero-order valence-corrected chi connectivity index (χ0v) is 15.9. The molecule has 0 radical (unpaired) electrons. The van der Waals surface area contributed by atoms with E-state index in [1.165, 1.54) is 0 Å². The molecule has 6 nitrogen and oxygen atoms in total. The van der Waals surface area contributed by atoms with Crippen LogP contribution in [0.2, 0.25) is 0 Å². The number of hydrogen-bond donors (Lipinski definition) is 0. The first-order chi connectivity index (χ1) is 13.1. The number of pyridine rings is 1. The number of anilines is 1. The van der Waals surface area contributed by atoms with E-state index in [0.29, 0.717) is 6.54 Å². The molecule has 0 amide bonds. The Morgan fingerprint density at radius 1 is 0.963 bits per heavy atom. The van der Waals surface area contributed by atoms with E-state index in [0.717, 1.165) is 48.9 Å². The Hall–Kier alpha value is -2.86. The predicted octanol–water partition coefficient (Wildman–Crippen LogP) is 2.20. The van der Waals surface area contributed by atoms with Crippen LogP contribution in [0, 0.1) is 6.92 Å². The third kappa shape index (κ3) is 3.40. The number of para-hydroxylation sites is 1. The maximum Gasteiger partial charge on any atom is 0.276 e. The number of piperazine rings is 1. The van der Waals surface area contributed by atoms with Crippen LogP contribution in [0.1, 0.15) is 11.3 Å². The molecule has 0 unspecified atom stereocenters. The molecule has 0 saturated carbocycles. The number of aromatic nitrogens is 3. The van der Waals surface area contributed by atoms with Crippen LogP contribution in [0.4, 0.5) is 5.82 Å². The van der Waals surface area contributed by atoms with Crippen molar-refractivity contribution in [2.75, 3.05) is 31.1 Å². The van der Waals surface area contributed by atoms with Gasteiger partial charge in [0.15, 0.2) is 0 Å². The Balaban J connectivity index is 1.50. The van der Waals surface area contributed by atoms with Gasteiger partial charge in [-0.05, 0) is 31.2 Å². The van der Waals surface area contributed by atoms with Gasteiger partial charge >= 0.3 is 0 Å². The first-order valence-electron chi connectivity index (χ1n) is 9.36. The Morgan fingerprint density at radius 2 is 1.67 bits per heavy atom. The molecule has 0 atom stereocenters. The van der Waals surface area contributed by atoms with Crippen LogP contribution in [0.25, 0.3) is 5.69 Å². The van der Waals surface area contributed by atoms with Crippen molar-refractivity contribution in [3.63, 3.8) is 0 Å². The van der Waals surface area contributed by atoms with E-state index in [4.69, 9.17) is 0 Å². The minimum atomic E-state index is 0.0772. The number of rotatable bonds is 4. The molecule has 140 valence electrons. The summed E-state index contributed by atoms with van der Waals surface area (Å²) < 4.78 is 3.71. The molecule has 1 saturated heterocycles. The van der Waals surface area contributed by atoms with Gasteiger partial charge in [0.25, 0.3) is 5.56 Å². The second kappa shape index (κ2) is 7.40. The van der Waals surface area contributed by atoms with Crippen LogP contribution in [0.3, 0.4) is 0 Å². The lowest BCUT2D eigenvalue weighted by Crippen LogP contribution is -2.46. The van der Waals surface area contributed by atoms with Crippen molar-refractivity contribution < 1.29 is 0 Å². The third-order valence-electron chi connectivity index (χ3n) is 5.40. The lowest BCUT2D eigenvalue weighted by atomic mass is 10.2. The molecule has 0 bridgehead atoms. The van der Waals surface area contributed by atoms with Gasteiger partial charge in [-0.3, -0.25) is 14.4 Å². The Bertz CT molecular complexity index is 953. The maximum absolute atomic E-state index is 13.1. The van der Waals surface area contributed by atoms with Crippen LogP contribution >= 0.6 is 0 Å². The second-order valence-electron chi connectivity index (χ2n) is 6.99. The largest absolute Gasteiger partial charge is 0.354 e. The fourth-order valence-electron chi connectivity index (χ4n) is 3.71. The highest BCUT2D eigenvalue weighted by Crippen LogP contribution is 2.16. The fourth-order valence-corrected chi connectivity index (χ4v) is 3.71. The summed E-state index contributed by atoms with van der Waals surface area (Å²) in [5, 5.41) is 0. The average Bonchev–Trinajstić information content (AvgIpc) is 2.93. The van der Waals surface area contributed by atoms with E-state index < -0.39 is 0 Å². The zero-order chi connectivity index (χ0) is 18.8. The summed E-state index contributed by atoms with van der Waals surface area (Å²) in [5.41, 5.74) is 2.89. The van der Waals surface area contributed by atoms with Gasteiger partial charge in [0.1, 0.15) is 5.82 Å². The predicted molar refractivity (Wildman–Crippen MR) is 107 cm³/mol. The standard InChI is InChI=1S/C21H25N5O/c1-17-19(21(27)26(23(17)2)18-8-4-3-5-9-18)16-24-12-14-25(15-13-24)20-10-6-7-11-22-20/h3-11H,12-16H2,1-2H3. The van der Waals surface area contributed by atoms with Crippen molar-refractivity contribution in [2.24, 2.45) is 7.05 Å². The SMILES string of the molecule is Cc1c(CN2CCN(c3ccccn3)CC2)c(=O)n(-c2ccccc2)n1C. The molecule has 2 aromatic heterocycles. The summed E-state index contributed by atoms with van der Waals surface area (Å²) >= 11 is 0. The highest BCUT2D eigenvalue weighted by molar-refractivity contribution is 5.38. The Kier molecular flexibility index (Phi) is 4.81. The van der Waals surface area contributed by atoms with Gasteiger partial charge in [0, 0.05) is 51.7 Å². The number of benzene rings is 1. The van der Waals surface area contributed by atoms with E-state index in [-0.39, 0.29) is 5.56 Å². The molecule has 1 fully saturated rings. The summed E-state index contributed by atoms with van der Waals surface area (Å²) in [6, 6.07) is 15.8. The van der Waals surface area contributed by atoms with E-state index in [1.54, 1.807) is 4.68 Å². The molecule has 0 spiro atoms. The molecule has 0 N–H and O–H groups in total. The molecule has 1 aliphatic rings. The molecular weight excluding hydrogens is 338 g/mol. The summed E-state index contributed by atoms with van der Waals surface area (Å²) in [7, 11) is 1.95. The van der Waals surface area contributed by atoms with E-state index in [2.05, 4.69) is 20.9 Å². The van der Waals surface area contributed by atoms with Crippen molar-refractivity contribution in [2.45, 2.75) is 13.5 Å². The Labute approximate surface area is 159 Å². The molecule has 1 aromatic carbocycles. The molecule has 0 aliphatic carbocycles. The van der Waals surface area contributed by atoms with Crippen molar-refractivity contribution in [1.82, 2.24) is 19.2 Å². The highest BCUT2D eigenvalue weighted by atomic mass is 16.1. The molecule has 27 heavy (non-hydrogen) atoms. The Morgan fingerprint density at radius 3 is 2.33 bits per heavy atom. The van der Waals surface area contributed by atoms with Crippen LogP contribution in [0.15, 0.2) is 59.5 Å². The first kappa shape index (κ1) is 17.5. The van der Waals surface area contributed by atoms with Gasteiger partial charge in [-0.25, -0.2) is 9.67 Å². The lowest BCUT2D eigenvalue weighted by molar-refractivity contribution is 0.248. The van der Waals surface area contributed by atoms with E-state index in [1.807, 2.05) is 67.3 Å². The van der Waals surface area contributed by atoms with Gasteiger partial charge in [0.2, 0.25) is 0 Å². The van der Waals surface area contributed by atoms with Crippen LogP contribution in [0.5, 0.6) is 0 Å². The molecule has 6 heteroatoms. The summed E-state index contributed by atoms with van der Waals surface area (Å²) in [5.74, 6) is 1.03. The van der Waals surface area contributed by atoms with Crippen molar-refractivity contribution in [3.8, 4) is 5.69 Å². The maximum atomic E-state index is 13.1. The van der Waals surface area contributed by atoms with Crippen LogP contribution in [-0.4, -0.2) is 45.4 Å². The number of nitrogens with zero attached hydrogens (tertiary/aromatic N) is 5. The smallest absolute Gasteiger partial charge is 0.276 e. The molecule has 1 aliphatic heterocycles. The zero-order valence-electron chi connectivity index (χ0n) is 15.9. The van der Waals surface area contributed by atoms with E-state index in [9.17, 15) is 4.79 Å². The summed E-state index contributed by atoms with van der Waals surface area (Å²) in [6.45, 7) is 6.42. The van der Waals surface area contributed by atoms with Crippen molar-refractivity contribution in [1.29, 1.82) is 0 Å². The van der Waals surface area contributed by atoms with Gasteiger partial charge in [-0.15, -0.1) is 0 Å². The van der Waals surface area contributed by atoms with Gasteiger partial charge in [-0.2, -0.15) is 0 Å². The highest BCUT2D eigenvalue weighted by Gasteiger charge is 2.22. The third-order valence-corrected chi connectivity index (χ3v) is 5.40. The molecular formula is C21H25N5O. The van der Waals surface area contributed by atoms with E-state index >= 15 is 0 Å². The molecule has 3 aromatic rings. The average molecular weight is 363 g/mol. The quantitative estimate of drug-likeness (QED) is 0.713. The molecule has 3 heterocycles. The second-order valence-corrected chi connectivity index (χ2v) is 6.99. The van der Waals surface area contributed by atoms with Gasteiger partial charge < -0.3 is 4.90 Å². The monoisotopic (exact) mass is 363 g/mol. The van der Waals surface area contributed by atoms with Crippen molar-refractivity contribution in [3.05, 3.63) is 76.3 Å². The number of hydrogen-bond acceptors (Lipinski definition) is 4. The minimum absolute atomic E-state index is 0.0772. The van der Waals surface area contributed by atoms with Gasteiger partial charge in [-0.1, -0.05) is 24.3 Å². The minimum Gasteiger partial charge on any atom is -0.354 e. The summed E-state index contributed by atoms with van der Waals surface area (Å²) in [6.07, 6.45) is 1.83. The lowest BCUT2D eigenvalue weighted by Gasteiger charge is -2.35. The van der Waals surface area contributed by atoms with Crippen LogP contribution < -0.4 is 10.5 Å². The van der Waals surface area contributed by atoms with Gasteiger partial charge in [0.05, 0.1) is 11.3 Å². The fraction of sp³-hybridized carbons (Fsp3) is 0.333. The van der Waals surface area contributed by atoms with Crippen molar-refractivity contribution >= 4 is 5.82 Å². The molecule has 4 rings (SSSR count). The van der Waals surface area contributed by atoms with Crippen LogP contribution in [-0.2, 0) is 13.6 Å². The summed E-state index contributed by atoms with van der Waals surface area (Å²) in [4.78, 5) is 22.2. The first-order valence-corrected chi connectivity index (χ1v) is 9.36.